The monoisotopic (exact) mass is 293 g/mol. The number of likely N-dealkylation sites (N-methyl/N-ethyl adjacent to an activating group) is 1. The summed E-state index contributed by atoms with van der Waals surface area (Å²) in [5, 5.41) is 15.6. The lowest BCUT2D eigenvalue weighted by Gasteiger charge is -2.18. The fourth-order valence-corrected chi connectivity index (χ4v) is 2.19. The SMILES string of the molecule is CCN(CC)CCNC(=O)NCC(O)c1ccccc1C. The molecule has 5 nitrogen and oxygen atoms in total. The van der Waals surface area contributed by atoms with Crippen molar-refractivity contribution in [2.24, 2.45) is 0 Å². The number of rotatable bonds is 8. The second kappa shape index (κ2) is 9.37. The molecule has 1 aromatic rings. The molecule has 1 atom stereocenters. The predicted molar refractivity (Wildman–Crippen MR) is 85.3 cm³/mol. The number of urea groups is 1. The molecule has 0 saturated carbocycles. The zero-order chi connectivity index (χ0) is 15.7. The first-order chi connectivity index (χ1) is 10.1. The van der Waals surface area contributed by atoms with Crippen molar-refractivity contribution < 1.29 is 9.90 Å². The topological polar surface area (TPSA) is 64.6 Å². The largest absolute Gasteiger partial charge is 0.387 e. The first-order valence-corrected chi connectivity index (χ1v) is 7.56. The van der Waals surface area contributed by atoms with Crippen molar-refractivity contribution in [3.63, 3.8) is 0 Å². The fraction of sp³-hybridized carbons (Fsp3) is 0.562. The van der Waals surface area contributed by atoms with Crippen molar-refractivity contribution in [1.29, 1.82) is 0 Å². The van der Waals surface area contributed by atoms with Gasteiger partial charge in [-0.2, -0.15) is 0 Å². The van der Waals surface area contributed by atoms with E-state index in [1.807, 2.05) is 31.2 Å². The maximum absolute atomic E-state index is 11.7. The van der Waals surface area contributed by atoms with Crippen LogP contribution in [0.25, 0.3) is 0 Å². The maximum atomic E-state index is 11.7. The standard InChI is InChI=1S/C16H27N3O2/c1-4-19(5-2)11-10-17-16(21)18-12-15(20)14-9-7-6-8-13(14)3/h6-9,15,20H,4-5,10-12H2,1-3H3,(H2,17,18,21). The first-order valence-electron chi connectivity index (χ1n) is 7.56. The van der Waals surface area contributed by atoms with Crippen molar-refractivity contribution in [1.82, 2.24) is 15.5 Å². The van der Waals surface area contributed by atoms with Gasteiger partial charge in [-0.3, -0.25) is 0 Å². The Morgan fingerprint density at radius 1 is 1.24 bits per heavy atom. The fourth-order valence-electron chi connectivity index (χ4n) is 2.19. The quantitative estimate of drug-likeness (QED) is 0.683. The Morgan fingerprint density at radius 2 is 1.90 bits per heavy atom. The number of benzene rings is 1. The lowest BCUT2D eigenvalue weighted by atomic mass is 10.0. The maximum Gasteiger partial charge on any atom is 0.314 e. The van der Waals surface area contributed by atoms with Crippen molar-refractivity contribution in [3.05, 3.63) is 35.4 Å². The normalized spacial score (nSPS) is 12.2. The number of aryl methyl sites for hydroxylation is 1. The smallest absolute Gasteiger partial charge is 0.314 e. The Morgan fingerprint density at radius 3 is 2.52 bits per heavy atom. The van der Waals surface area contributed by atoms with Gasteiger partial charge >= 0.3 is 6.03 Å². The van der Waals surface area contributed by atoms with Gasteiger partial charge in [-0.15, -0.1) is 0 Å². The van der Waals surface area contributed by atoms with Gasteiger partial charge in [-0.05, 0) is 31.1 Å². The molecule has 0 radical (unpaired) electrons. The van der Waals surface area contributed by atoms with Gasteiger partial charge in [0.1, 0.15) is 0 Å². The van der Waals surface area contributed by atoms with E-state index in [4.69, 9.17) is 0 Å². The minimum absolute atomic E-state index is 0.210. The average molecular weight is 293 g/mol. The van der Waals surface area contributed by atoms with E-state index in [-0.39, 0.29) is 12.6 Å². The van der Waals surface area contributed by atoms with Gasteiger partial charge in [0, 0.05) is 19.6 Å². The van der Waals surface area contributed by atoms with Crippen molar-refractivity contribution in [2.75, 3.05) is 32.7 Å². The van der Waals surface area contributed by atoms with Crippen LogP contribution in [0.15, 0.2) is 24.3 Å². The van der Waals surface area contributed by atoms with Crippen LogP contribution in [0.5, 0.6) is 0 Å². The number of hydrogen-bond donors (Lipinski definition) is 3. The Bertz CT molecular complexity index is 433. The Labute approximate surface area is 127 Å². The van der Waals surface area contributed by atoms with E-state index in [0.29, 0.717) is 6.54 Å². The third-order valence-corrected chi connectivity index (χ3v) is 3.61. The zero-order valence-electron chi connectivity index (χ0n) is 13.2. The molecule has 21 heavy (non-hydrogen) atoms. The molecular weight excluding hydrogens is 266 g/mol. The van der Waals surface area contributed by atoms with Crippen LogP contribution >= 0.6 is 0 Å². The van der Waals surface area contributed by atoms with Gasteiger partial charge in [0.15, 0.2) is 0 Å². The second-order valence-electron chi connectivity index (χ2n) is 5.04. The van der Waals surface area contributed by atoms with Gasteiger partial charge in [0.2, 0.25) is 0 Å². The molecule has 0 aliphatic carbocycles. The number of nitrogens with zero attached hydrogens (tertiary/aromatic N) is 1. The van der Waals surface area contributed by atoms with Gasteiger partial charge in [-0.1, -0.05) is 38.1 Å². The van der Waals surface area contributed by atoms with E-state index in [9.17, 15) is 9.90 Å². The molecule has 1 unspecified atom stereocenters. The molecule has 0 bridgehead atoms. The predicted octanol–water partition coefficient (Wildman–Crippen LogP) is 1.67. The van der Waals surface area contributed by atoms with Crippen LogP contribution in [-0.4, -0.2) is 48.8 Å². The number of hydrogen-bond acceptors (Lipinski definition) is 3. The molecule has 2 amide bonds. The third-order valence-electron chi connectivity index (χ3n) is 3.61. The van der Waals surface area contributed by atoms with Crippen LogP contribution in [0, 0.1) is 6.92 Å². The van der Waals surface area contributed by atoms with Crippen LogP contribution in [0.3, 0.4) is 0 Å². The van der Waals surface area contributed by atoms with Gasteiger partial charge in [0.25, 0.3) is 0 Å². The average Bonchev–Trinajstić information content (AvgIpc) is 2.49. The van der Waals surface area contributed by atoms with Crippen molar-refractivity contribution in [3.8, 4) is 0 Å². The molecule has 1 rings (SSSR count). The Kier molecular flexibility index (Phi) is 7.79. The molecule has 0 aliphatic heterocycles. The molecule has 5 heteroatoms. The number of carbonyl (C=O) groups is 1. The van der Waals surface area contributed by atoms with Gasteiger partial charge in [-0.25, -0.2) is 4.79 Å². The third kappa shape index (κ3) is 6.14. The lowest BCUT2D eigenvalue weighted by molar-refractivity contribution is 0.172. The van der Waals surface area contributed by atoms with Crippen LogP contribution in [0.4, 0.5) is 4.79 Å². The van der Waals surface area contributed by atoms with Gasteiger partial charge < -0.3 is 20.6 Å². The number of carbonyl (C=O) groups excluding carboxylic acids is 1. The van der Waals surface area contributed by atoms with Crippen LogP contribution < -0.4 is 10.6 Å². The zero-order valence-corrected chi connectivity index (χ0v) is 13.2. The van der Waals surface area contributed by atoms with E-state index in [2.05, 4.69) is 29.4 Å². The van der Waals surface area contributed by atoms with E-state index >= 15 is 0 Å². The van der Waals surface area contributed by atoms with Crippen LogP contribution in [-0.2, 0) is 0 Å². The highest BCUT2D eigenvalue weighted by Crippen LogP contribution is 2.15. The summed E-state index contributed by atoms with van der Waals surface area (Å²) in [6, 6.07) is 7.40. The summed E-state index contributed by atoms with van der Waals surface area (Å²) in [7, 11) is 0. The van der Waals surface area contributed by atoms with Crippen LogP contribution in [0.1, 0.15) is 31.1 Å². The summed E-state index contributed by atoms with van der Waals surface area (Å²) in [5.74, 6) is 0. The van der Waals surface area contributed by atoms with E-state index in [1.165, 1.54) is 0 Å². The number of aliphatic hydroxyl groups is 1. The highest BCUT2D eigenvalue weighted by molar-refractivity contribution is 5.73. The molecule has 0 spiro atoms. The molecule has 0 heterocycles. The van der Waals surface area contributed by atoms with E-state index in [1.54, 1.807) is 0 Å². The molecule has 118 valence electrons. The highest BCUT2D eigenvalue weighted by atomic mass is 16.3. The molecule has 0 aromatic heterocycles. The number of aliphatic hydroxyl groups excluding tert-OH is 1. The molecular formula is C16H27N3O2. The Balaban J connectivity index is 2.28. The highest BCUT2D eigenvalue weighted by Gasteiger charge is 2.11. The summed E-state index contributed by atoms with van der Waals surface area (Å²) in [4.78, 5) is 13.9. The minimum Gasteiger partial charge on any atom is -0.387 e. The molecule has 1 aromatic carbocycles. The van der Waals surface area contributed by atoms with E-state index < -0.39 is 6.10 Å². The first kappa shape index (κ1) is 17.5. The van der Waals surface area contributed by atoms with Crippen molar-refractivity contribution in [2.45, 2.75) is 26.9 Å². The summed E-state index contributed by atoms with van der Waals surface area (Å²) in [6.07, 6.45) is -0.681. The summed E-state index contributed by atoms with van der Waals surface area (Å²) in [5.41, 5.74) is 1.87. The summed E-state index contributed by atoms with van der Waals surface area (Å²) in [6.45, 7) is 9.75. The summed E-state index contributed by atoms with van der Waals surface area (Å²) >= 11 is 0. The van der Waals surface area contributed by atoms with Crippen molar-refractivity contribution >= 4 is 6.03 Å². The molecule has 3 N–H and O–H groups in total. The van der Waals surface area contributed by atoms with Gasteiger partial charge in [0.05, 0.1) is 6.10 Å². The lowest BCUT2D eigenvalue weighted by Crippen LogP contribution is -2.41. The minimum atomic E-state index is -0.681. The molecule has 0 fully saturated rings. The summed E-state index contributed by atoms with van der Waals surface area (Å²) < 4.78 is 0. The second-order valence-corrected chi connectivity index (χ2v) is 5.04. The number of nitrogens with one attached hydrogen (secondary N) is 2. The molecule has 0 aliphatic rings. The van der Waals surface area contributed by atoms with Crippen LogP contribution in [0.2, 0.25) is 0 Å². The van der Waals surface area contributed by atoms with E-state index in [0.717, 1.165) is 30.8 Å². The molecule has 0 saturated heterocycles. The Hall–Kier alpha value is -1.59. The number of amides is 2.